The van der Waals surface area contributed by atoms with Crippen molar-refractivity contribution in [2.24, 2.45) is 5.41 Å². The zero-order valence-electron chi connectivity index (χ0n) is 16.7. The predicted molar refractivity (Wildman–Crippen MR) is 101 cm³/mol. The third-order valence-electron chi connectivity index (χ3n) is 6.31. The van der Waals surface area contributed by atoms with Gasteiger partial charge in [-0.1, -0.05) is 6.92 Å². The van der Waals surface area contributed by atoms with Crippen LogP contribution in [0.3, 0.4) is 0 Å². The molecule has 2 fully saturated rings. The van der Waals surface area contributed by atoms with Gasteiger partial charge < -0.3 is 9.80 Å². The van der Waals surface area contributed by atoms with Crippen molar-refractivity contribution in [3.05, 3.63) is 17.0 Å². The van der Waals surface area contributed by atoms with E-state index in [9.17, 15) is 9.59 Å². The van der Waals surface area contributed by atoms with E-state index in [1.807, 2.05) is 28.3 Å². The maximum Gasteiger partial charge on any atom is 0.244 e. The van der Waals surface area contributed by atoms with Crippen LogP contribution in [0.15, 0.2) is 0 Å². The van der Waals surface area contributed by atoms with Gasteiger partial charge in [-0.15, -0.1) is 0 Å². The molecule has 1 aromatic rings. The number of aromatic nitrogens is 2. The van der Waals surface area contributed by atoms with Crippen molar-refractivity contribution in [2.45, 2.75) is 66.3 Å². The number of carbonyl (C=O) groups excluding carboxylic acids is 2. The normalized spacial score (nSPS) is 23.8. The standard InChI is InChI=1S/C20H32N4O2/c1-5-17-15(3)21-24(16(17)4)12-19(26)23-11-7-9-20(14-23)10-8-18(25)22(6-2)13-20/h5-14H2,1-4H3/t20-/m0/s1. The van der Waals surface area contributed by atoms with Crippen LogP contribution in [0.1, 0.15) is 56.5 Å². The van der Waals surface area contributed by atoms with Gasteiger partial charge in [-0.25, -0.2) is 0 Å². The maximum atomic E-state index is 13.0. The Balaban J connectivity index is 1.70. The largest absolute Gasteiger partial charge is 0.342 e. The van der Waals surface area contributed by atoms with Crippen LogP contribution in [0.4, 0.5) is 0 Å². The second-order valence-corrected chi connectivity index (χ2v) is 7.99. The Morgan fingerprint density at radius 1 is 1.19 bits per heavy atom. The summed E-state index contributed by atoms with van der Waals surface area (Å²) in [5.41, 5.74) is 3.46. The fraction of sp³-hybridized carbons (Fsp3) is 0.750. The molecule has 0 aliphatic carbocycles. The molecule has 0 unspecified atom stereocenters. The first-order chi connectivity index (χ1) is 12.4. The van der Waals surface area contributed by atoms with Gasteiger partial charge in [-0.3, -0.25) is 14.3 Å². The van der Waals surface area contributed by atoms with Crippen LogP contribution >= 0.6 is 0 Å². The first-order valence-electron chi connectivity index (χ1n) is 9.97. The fourth-order valence-electron chi connectivity index (χ4n) is 4.77. The van der Waals surface area contributed by atoms with E-state index in [2.05, 4.69) is 18.9 Å². The number of piperidine rings is 2. The summed E-state index contributed by atoms with van der Waals surface area (Å²) in [6.07, 6.45) is 4.61. The number of rotatable bonds is 4. The lowest BCUT2D eigenvalue weighted by atomic mass is 9.73. The van der Waals surface area contributed by atoms with Crippen molar-refractivity contribution in [2.75, 3.05) is 26.2 Å². The topological polar surface area (TPSA) is 58.4 Å². The van der Waals surface area contributed by atoms with E-state index in [-0.39, 0.29) is 17.2 Å². The van der Waals surface area contributed by atoms with Gasteiger partial charge in [-0.05, 0) is 52.0 Å². The molecular weight excluding hydrogens is 328 g/mol. The molecule has 0 N–H and O–H groups in total. The second-order valence-electron chi connectivity index (χ2n) is 7.99. The Morgan fingerprint density at radius 3 is 2.62 bits per heavy atom. The molecule has 2 amide bonds. The van der Waals surface area contributed by atoms with Gasteiger partial charge >= 0.3 is 0 Å². The minimum Gasteiger partial charge on any atom is -0.342 e. The highest BCUT2D eigenvalue weighted by Crippen LogP contribution is 2.38. The predicted octanol–water partition coefficient (Wildman–Crippen LogP) is 2.31. The minimum absolute atomic E-state index is 0.0848. The van der Waals surface area contributed by atoms with Gasteiger partial charge in [0.1, 0.15) is 6.54 Å². The summed E-state index contributed by atoms with van der Waals surface area (Å²) in [6.45, 7) is 11.7. The minimum atomic E-state index is 0.0848. The summed E-state index contributed by atoms with van der Waals surface area (Å²) in [5.74, 6) is 0.411. The lowest BCUT2D eigenvalue weighted by Crippen LogP contribution is -2.55. The van der Waals surface area contributed by atoms with Gasteiger partial charge in [0.25, 0.3) is 0 Å². The van der Waals surface area contributed by atoms with E-state index in [0.29, 0.717) is 13.0 Å². The van der Waals surface area contributed by atoms with Crippen molar-refractivity contribution >= 4 is 11.8 Å². The zero-order chi connectivity index (χ0) is 18.9. The third-order valence-corrected chi connectivity index (χ3v) is 6.31. The number of aryl methyl sites for hydroxylation is 1. The van der Waals surface area contributed by atoms with Gasteiger partial charge in [-0.2, -0.15) is 5.10 Å². The number of likely N-dealkylation sites (tertiary alicyclic amines) is 2. The zero-order valence-corrected chi connectivity index (χ0v) is 16.7. The molecule has 1 atom stereocenters. The molecule has 0 bridgehead atoms. The molecule has 144 valence electrons. The molecule has 0 saturated carbocycles. The Labute approximate surface area is 156 Å². The summed E-state index contributed by atoms with van der Waals surface area (Å²) in [5, 5.41) is 4.57. The average Bonchev–Trinajstić information content (AvgIpc) is 2.90. The third kappa shape index (κ3) is 3.51. The molecule has 2 aliphatic heterocycles. The summed E-state index contributed by atoms with van der Waals surface area (Å²) in [7, 11) is 0. The van der Waals surface area contributed by atoms with Crippen LogP contribution < -0.4 is 0 Å². The van der Waals surface area contributed by atoms with Crippen molar-refractivity contribution in [3.8, 4) is 0 Å². The van der Waals surface area contributed by atoms with Crippen LogP contribution in [0.25, 0.3) is 0 Å². The number of hydrogen-bond acceptors (Lipinski definition) is 3. The van der Waals surface area contributed by atoms with Crippen LogP contribution in [0, 0.1) is 19.3 Å². The van der Waals surface area contributed by atoms with E-state index in [1.54, 1.807) is 0 Å². The van der Waals surface area contributed by atoms with Gasteiger partial charge in [0.2, 0.25) is 11.8 Å². The summed E-state index contributed by atoms with van der Waals surface area (Å²) >= 11 is 0. The average molecular weight is 361 g/mol. The Kier molecular flexibility index (Phi) is 5.39. The summed E-state index contributed by atoms with van der Waals surface area (Å²) < 4.78 is 1.86. The Bertz CT molecular complexity index is 696. The molecular formula is C20H32N4O2. The lowest BCUT2D eigenvalue weighted by molar-refractivity contribution is -0.143. The fourth-order valence-corrected chi connectivity index (χ4v) is 4.77. The number of carbonyl (C=O) groups is 2. The second kappa shape index (κ2) is 7.41. The quantitative estimate of drug-likeness (QED) is 0.828. The van der Waals surface area contributed by atoms with Crippen LogP contribution in [-0.2, 0) is 22.6 Å². The molecule has 0 radical (unpaired) electrons. The van der Waals surface area contributed by atoms with Gasteiger partial charge in [0.15, 0.2) is 0 Å². The van der Waals surface area contributed by atoms with Crippen molar-refractivity contribution < 1.29 is 9.59 Å². The number of amides is 2. The smallest absolute Gasteiger partial charge is 0.244 e. The van der Waals surface area contributed by atoms with Crippen molar-refractivity contribution in [3.63, 3.8) is 0 Å². The molecule has 2 saturated heterocycles. The molecule has 6 nitrogen and oxygen atoms in total. The van der Waals surface area contributed by atoms with Gasteiger partial charge in [0.05, 0.1) is 5.69 Å². The molecule has 0 aromatic carbocycles. The highest BCUT2D eigenvalue weighted by atomic mass is 16.2. The molecule has 1 aromatic heterocycles. The van der Waals surface area contributed by atoms with Crippen molar-refractivity contribution in [1.82, 2.24) is 19.6 Å². The molecule has 1 spiro atoms. The van der Waals surface area contributed by atoms with E-state index < -0.39 is 0 Å². The molecule has 2 aliphatic rings. The van der Waals surface area contributed by atoms with Crippen LogP contribution in [0.2, 0.25) is 0 Å². The van der Waals surface area contributed by atoms with E-state index in [0.717, 1.165) is 63.3 Å². The maximum absolute atomic E-state index is 13.0. The van der Waals surface area contributed by atoms with Crippen LogP contribution in [-0.4, -0.2) is 57.6 Å². The highest BCUT2D eigenvalue weighted by Gasteiger charge is 2.42. The molecule has 6 heteroatoms. The summed E-state index contributed by atoms with van der Waals surface area (Å²) in [4.78, 5) is 29.0. The van der Waals surface area contributed by atoms with E-state index >= 15 is 0 Å². The SMILES string of the molecule is CCc1c(C)nn(CC(=O)N2CCC[C@@]3(CCC(=O)N(CC)C3)C2)c1C. The molecule has 3 heterocycles. The molecule has 26 heavy (non-hydrogen) atoms. The van der Waals surface area contributed by atoms with E-state index in [4.69, 9.17) is 0 Å². The monoisotopic (exact) mass is 360 g/mol. The highest BCUT2D eigenvalue weighted by molar-refractivity contribution is 5.78. The molecule has 3 rings (SSSR count). The van der Waals surface area contributed by atoms with Crippen LogP contribution in [0.5, 0.6) is 0 Å². The lowest BCUT2D eigenvalue weighted by Gasteiger charge is -2.48. The van der Waals surface area contributed by atoms with E-state index in [1.165, 1.54) is 5.56 Å². The number of hydrogen-bond donors (Lipinski definition) is 0. The Hall–Kier alpha value is -1.85. The Morgan fingerprint density at radius 2 is 1.96 bits per heavy atom. The summed E-state index contributed by atoms with van der Waals surface area (Å²) in [6, 6.07) is 0. The first-order valence-corrected chi connectivity index (χ1v) is 9.97. The number of nitrogens with zero attached hydrogens (tertiary/aromatic N) is 4. The van der Waals surface area contributed by atoms with Crippen molar-refractivity contribution in [1.29, 1.82) is 0 Å². The first kappa shape index (κ1) is 18.9. The van der Waals surface area contributed by atoms with Gasteiger partial charge in [0, 0.05) is 43.7 Å².